The maximum atomic E-state index is 12.5. The minimum atomic E-state index is -0.957. The number of imide groups is 1. The molecule has 1 aliphatic rings. The van der Waals surface area contributed by atoms with Gasteiger partial charge < -0.3 is 19.9 Å². The van der Waals surface area contributed by atoms with Crippen molar-refractivity contribution in [2.24, 2.45) is 0 Å². The number of carbonyl (C=O) groups is 3. The van der Waals surface area contributed by atoms with Gasteiger partial charge >= 0.3 is 0 Å². The van der Waals surface area contributed by atoms with Crippen LogP contribution in [0.3, 0.4) is 0 Å². The summed E-state index contributed by atoms with van der Waals surface area (Å²) >= 11 is 0. The van der Waals surface area contributed by atoms with Gasteiger partial charge in [-0.15, -0.1) is 0 Å². The zero-order valence-corrected chi connectivity index (χ0v) is 16.2. The van der Waals surface area contributed by atoms with Gasteiger partial charge in [0.1, 0.15) is 5.75 Å². The average molecular weight is 376 g/mol. The van der Waals surface area contributed by atoms with Crippen LogP contribution in [0.2, 0.25) is 0 Å². The molecular weight excluding hydrogens is 348 g/mol. The summed E-state index contributed by atoms with van der Waals surface area (Å²) in [5.41, 5.74) is 0.151. The number of amides is 3. The first-order valence-corrected chi connectivity index (χ1v) is 9.04. The maximum Gasteiger partial charge on any atom is 0.246 e. The summed E-state index contributed by atoms with van der Waals surface area (Å²) in [6.07, 6.45) is 0.922. The van der Waals surface area contributed by atoms with Gasteiger partial charge in [0.25, 0.3) is 0 Å². The number of benzene rings is 1. The predicted octanol–water partition coefficient (Wildman–Crippen LogP) is 0.375. The van der Waals surface area contributed by atoms with Crippen molar-refractivity contribution in [1.82, 2.24) is 15.5 Å². The molecule has 1 aromatic rings. The van der Waals surface area contributed by atoms with E-state index >= 15 is 0 Å². The third kappa shape index (κ3) is 5.19. The lowest BCUT2D eigenvalue weighted by Crippen LogP contribution is -2.54. The lowest BCUT2D eigenvalue weighted by molar-refractivity contribution is -0.133. The monoisotopic (exact) mass is 376 g/mol. The molecule has 0 radical (unpaired) electrons. The molecule has 3 amide bonds. The number of nitrogens with zero attached hydrogens (tertiary/aromatic N) is 2. The first-order valence-electron chi connectivity index (χ1n) is 9.04. The van der Waals surface area contributed by atoms with Gasteiger partial charge in [0.15, 0.2) is 0 Å². The number of rotatable bonds is 8. The Balaban J connectivity index is 1.85. The topological polar surface area (TPSA) is 91.0 Å². The lowest BCUT2D eigenvalue weighted by Gasteiger charge is -2.36. The van der Waals surface area contributed by atoms with E-state index in [0.29, 0.717) is 25.9 Å². The van der Waals surface area contributed by atoms with Gasteiger partial charge in [-0.25, -0.2) is 0 Å². The van der Waals surface area contributed by atoms with Gasteiger partial charge in [-0.05, 0) is 44.7 Å². The Morgan fingerprint density at radius 3 is 2.33 bits per heavy atom. The molecule has 0 aliphatic carbocycles. The number of methoxy groups -OCH3 is 1. The van der Waals surface area contributed by atoms with Gasteiger partial charge in [0, 0.05) is 38.3 Å². The standard InChI is InChI=1S/C19H28N4O4/c1-19(20-2,18(26)21-14-24)9-8-17(25)23-12-10-22(11-13-23)15-4-6-16(27-3)7-5-15/h4-7,14,20H,8-13H2,1-3H3,(H,21,24,26). The van der Waals surface area contributed by atoms with Crippen LogP contribution in [0, 0.1) is 0 Å². The molecule has 8 heteroatoms. The molecule has 8 nitrogen and oxygen atoms in total. The quantitative estimate of drug-likeness (QED) is 0.638. The van der Waals surface area contributed by atoms with Crippen LogP contribution in [0.25, 0.3) is 0 Å². The number of piperazine rings is 1. The van der Waals surface area contributed by atoms with Crippen LogP contribution >= 0.6 is 0 Å². The molecule has 1 aromatic carbocycles. The molecule has 1 atom stereocenters. The SMILES string of the molecule is CNC(C)(CCC(=O)N1CCN(c2ccc(OC)cc2)CC1)C(=O)NC=O. The Hall–Kier alpha value is -2.61. The Kier molecular flexibility index (Phi) is 7.18. The molecule has 2 rings (SSSR count). The molecule has 2 N–H and O–H groups in total. The molecule has 1 heterocycles. The zero-order valence-electron chi connectivity index (χ0n) is 16.2. The number of nitrogens with one attached hydrogen (secondary N) is 2. The smallest absolute Gasteiger partial charge is 0.246 e. The molecule has 1 aliphatic heterocycles. The summed E-state index contributed by atoms with van der Waals surface area (Å²) in [7, 11) is 3.28. The third-order valence-corrected chi connectivity index (χ3v) is 5.15. The Labute approximate surface area is 159 Å². The second-order valence-electron chi connectivity index (χ2n) is 6.74. The van der Waals surface area contributed by atoms with Crippen molar-refractivity contribution in [3.63, 3.8) is 0 Å². The van der Waals surface area contributed by atoms with Crippen LogP contribution in [0.15, 0.2) is 24.3 Å². The number of anilines is 1. The Bertz CT molecular complexity index is 656. The van der Waals surface area contributed by atoms with Crippen molar-refractivity contribution in [3.8, 4) is 5.75 Å². The largest absolute Gasteiger partial charge is 0.497 e. The van der Waals surface area contributed by atoms with Crippen molar-refractivity contribution in [2.45, 2.75) is 25.3 Å². The van der Waals surface area contributed by atoms with E-state index in [-0.39, 0.29) is 12.3 Å². The van der Waals surface area contributed by atoms with Gasteiger partial charge in [0.2, 0.25) is 18.2 Å². The van der Waals surface area contributed by atoms with E-state index < -0.39 is 11.4 Å². The molecule has 0 saturated carbocycles. The van der Waals surface area contributed by atoms with Crippen molar-refractivity contribution >= 4 is 23.9 Å². The first-order chi connectivity index (χ1) is 12.9. The average Bonchev–Trinajstić information content (AvgIpc) is 2.72. The highest BCUT2D eigenvalue weighted by Crippen LogP contribution is 2.21. The number of hydrogen-bond donors (Lipinski definition) is 2. The summed E-state index contributed by atoms with van der Waals surface area (Å²) in [6, 6.07) is 7.88. The molecule has 1 fully saturated rings. The van der Waals surface area contributed by atoms with Gasteiger partial charge in [-0.1, -0.05) is 0 Å². The van der Waals surface area contributed by atoms with Crippen LogP contribution in [-0.2, 0) is 14.4 Å². The van der Waals surface area contributed by atoms with E-state index in [4.69, 9.17) is 4.74 Å². The number of ether oxygens (including phenoxy) is 1. The minimum absolute atomic E-state index is 0.0183. The highest BCUT2D eigenvalue weighted by Gasteiger charge is 2.32. The molecular formula is C19H28N4O4. The van der Waals surface area contributed by atoms with Crippen molar-refractivity contribution in [2.75, 3.05) is 45.2 Å². The highest BCUT2D eigenvalue weighted by molar-refractivity contribution is 5.93. The Morgan fingerprint density at radius 1 is 1.19 bits per heavy atom. The van der Waals surface area contributed by atoms with Crippen LogP contribution < -0.4 is 20.3 Å². The summed E-state index contributed by atoms with van der Waals surface area (Å²) in [5, 5.41) is 5.05. The van der Waals surface area contributed by atoms with E-state index in [2.05, 4.69) is 15.5 Å². The first kappa shape index (κ1) is 20.7. The normalized spacial score (nSPS) is 16.4. The summed E-state index contributed by atoms with van der Waals surface area (Å²) in [6.45, 7) is 4.48. The molecule has 1 saturated heterocycles. The van der Waals surface area contributed by atoms with Gasteiger partial charge in [-0.2, -0.15) is 0 Å². The van der Waals surface area contributed by atoms with Gasteiger partial charge in [-0.3, -0.25) is 19.7 Å². The summed E-state index contributed by atoms with van der Waals surface area (Å²) in [4.78, 5) is 39.1. The lowest BCUT2D eigenvalue weighted by atomic mass is 9.94. The number of carbonyl (C=O) groups excluding carboxylic acids is 3. The Morgan fingerprint density at radius 2 is 1.81 bits per heavy atom. The second kappa shape index (κ2) is 9.36. The molecule has 1 unspecified atom stereocenters. The molecule has 148 valence electrons. The van der Waals surface area contributed by atoms with E-state index in [0.717, 1.165) is 24.5 Å². The fourth-order valence-corrected chi connectivity index (χ4v) is 3.09. The van der Waals surface area contributed by atoms with Gasteiger partial charge in [0.05, 0.1) is 12.6 Å². The van der Waals surface area contributed by atoms with Crippen molar-refractivity contribution in [3.05, 3.63) is 24.3 Å². The maximum absolute atomic E-state index is 12.5. The summed E-state index contributed by atoms with van der Waals surface area (Å²) < 4.78 is 5.18. The number of hydrogen-bond acceptors (Lipinski definition) is 6. The minimum Gasteiger partial charge on any atom is -0.497 e. The van der Waals surface area contributed by atoms with Crippen molar-refractivity contribution in [1.29, 1.82) is 0 Å². The zero-order chi connectivity index (χ0) is 19.9. The van der Waals surface area contributed by atoms with E-state index in [1.165, 1.54) is 0 Å². The third-order valence-electron chi connectivity index (χ3n) is 5.15. The number of likely N-dealkylation sites (N-methyl/N-ethyl adjacent to an activating group) is 1. The molecule has 0 aromatic heterocycles. The summed E-state index contributed by atoms with van der Waals surface area (Å²) in [5.74, 6) is 0.403. The van der Waals surface area contributed by atoms with E-state index in [1.807, 2.05) is 29.2 Å². The molecule has 0 spiro atoms. The van der Waals surface area contributed by atoms with Crippen LogP contribution in [0.1, 0.15) is 19.8 Å². The molecule has 27 heavy (non-hydrogen) atoms. The molecule has 0 bridgehead atoms. The predicted molar refractivity (Wildman–Crippen MR) is 103 cm³/mol. The second-order valence-corrected chi connectivity index (χ2v) is 6.74. The van der Waals surface area contributed by atoms with E-state index in [9.17, 15) is 14.4 Å². The van der Waals surface area contributed by atoms with E-state index in [1.54, 1.807) is 21.1 Å². The van der Waals surface area contributed by atoms with Crippen LogP contribution in [0.4, 0.5) is 5.69 Å². The van der Waals surface area contributed by atoms with Crippen LogP contribution in [0.5, 0.6) is 5.75 Å². The fourth-order valence-electron chi connectivity index (χ4n) is 3.09. The van der Waals surface area contributed by atoms with Crippen LogP contribution in [-0.4, -0.2) is 69.0 Å². The highest BCUT2D eigenvalue weighted by atomic mass is 16.5. The fraction of sp³-hybridized carbons (Fsp3) is 0.526. The van der Waals surface area contributed by atoms with Crippen molar-refractivity contribution < 1.29 is 19.1 Å².